The van der Waals surface area contributed by atoms with Gasteiger partial charge in [-0.1, -0.05) is 0 Å². The number of hydrogen-bond acceptors (Lipinski definition) is 5. The van der Waals surface area contributed by atoms with Gasteiger partial charge in [0.2, 0.25) is 0 Å². The third-order valence-electron chi connectivity index (χ3n) is 0. The number of aliphatic carboxylic acids is 1. The molecule has 0 aliphatic heterocycles. The Kier molecular flexibility index (Phi) is 23.5. The van der Waals surface area contributed by atoms with Crippen LogP contribution in [0.2, 0.25) is 0 Å². The monoisotopic (exact) mass is 202 g/mol. The van der Waals surface area contributed by atoms with Crippen molar-refractivity contribution in [2.24, 2.45) is 0 Å². The van der Waals surface area contributed by atoms with Crippen molar-refractivity contribution in [3.63, 3.8) is 0 Å². The smallest absolute Gasteiger partial charge is 0.759 e. The van der Waals surface area contributed by atoms with Crippen LogP contribution in [0.5, 0.6) is 0 Å². The molecule has 0 rings (SSSR count). The SMILES string of the molecule is CC(=O)O.O=S(=O)([O-])[O-].[Na+].[Na+]. The molecule has 0 saturated carbocycles. The fourth-order valence-electron chi connectivity index (χ4n) is 0. The van der Waals surface area contributed by atoms with Gasteiger partial charge in [0.05, 0.1) is 0 Å². The van der Waals surface area contributed by atoms with Gasteiger partial charge in [-0.25, -0.2) is 0 Å². The average molecular weight is 202 g/mol. The van der Waals surface area contributed by atoms with Crippen molar-refractivity contribution < 1.29 is 86.5 Å². The second-order valence-corrected chi connectivity index (χ2v) is 1.74. The molecular weight excluding hydrogens is 198 g/mol. The van der Waals surface area contributed by atoms with Gasteiger partial charge in [-0.2, -0.15) is 0 Å². The molecule has 0 aromatic carbocycles. The summed E-state index contributed by atoms with van der Waals surface area (Å²) in [7, 11) is -5.17. The van der Waals surface area contributed by atoms with Crippen LogP contribution in [0.3, 0.4) is 0 Å². The first-order valence-corrected chi connectivity index (χ1v) is 2.93. The summed E-state index contributed by atoms with van der Waals surface area (Å²) in [6, 6.07) is 0. The van der Waals surface area contributed by atoms with Gasteiger partial charge < -0.3 is 14.2 Å². The van der Waals surface area contributed by atoms with Crippen LogP contribution in [0.25, 0.3) is 0 Å². The summed E-state index contributed by atoms with van der Waals surface area (Å²) in [5, 5.41) is 7.42. The summed E-state index contributed by atoms with van der Waals surface area (Å²) in [6.45, 7) is 1.08. The van der Waals surface area contributed by atoms with Crippen LogP contribution >= 0.6 is 0 Å². The van der Waals surface area contributed by atoms with Crippen molar-refractivity contribution in [1.82, 2.24) is 0 Å². The molecule has 0 saturated heterocycles. The van der Waals surface area contributed by atoms with Crippen LogP contribution in [0, 0.1) is 0 Å². The number of carboxylic acid groups (broad SMARTS) is 1. The molecule has 0 bridgehead atoms. The normalized spacial score (nSPS) is 7.55. The maximum Gasteiger partial charge on any atom is 1.00 e. The van der Waals surface area contributed by atoms with E-state index in [0.29, 0.717) is 0 Å². The largest absolute Gasteiger partial charge is 1.00 e. The molecule has 0 unspecified atom stereocenters. The van der Waals surface area contributed by atoms with E-state index in [4.69, 9.17) is 27.4 Å². The van der Waals surface area contributed by atoms with E-state index in [0.717, 1.165) is 6.92 Å². The standard InChI is InChI=1S/C2H4O2.2Na.H2O4S/c1-2(3)4;;;1-5(2,3)4/h1H3,(H,3,4);;;(H2,1,2,3,4)/q;2*+1;/p-2. The Morgan fingerprint density at radius 1 is 1.27 bits per heavy atom. The maximum atomic E-state index is 9.00. The zero-order valence-electron chi connectivity index (χ0n) is 6.40. The molecule has 11 heavy (non-hydrogen) atoms. The molecule has 0 atom stereocenters. The number of carbonyl (C=O) groups is 1. The maximum absolute atomic E-state index is 9.00. The van der Waals surface area contributed by atoms with Gasteiger partial charge in [-0.3, -0.25) is 13.2 Å². The number of carboxylic acids is 1. The van der Waals surface area contributed by atoms with E-state index in [2.05, 4.69) is 0 Å². The zero-order valence-corrected chi connectivity index (χ0v) is 11.2. The summed E-state index contributed by atoms with van der Waals surface area (Å²) in [5.74, 6) is -0.833. The van der Waals surface area contributed by atoms with Gasteiger partial charge in [0.15, 0.2) is 0 Å². The van der Waals surface area contributed by atoms with Gasteiger partial charge in [0.1, 0.15) is 0 Å². The van der Waals surface area contributed by atoms with Crippen LogP contribution < -0.4 is 59.1 Å². The molecule has 0 heterocycles. The first kappa shape index (κ1) is 22.8. The molecule has 0 amide bonds. The summed E-state index contributed by atoms with van der Waals surface area (Å²) < 4.78 is 34.1. The molecule has 9 heteroatoms. The quantitative estimate of drug-likeness (QED) is 0.237. The predicted octanol–water partition coefficient (Wildman–Crippen LogP) is -7.24. The van der Waals surface area contributed by atoms with E-state index in [1.165, 1.54) is 0 Å². The third-order valence-corrected chi connectivity index (χ3v) is 0. The minimum Gasteiger partial charge on any atom is -0.759 e. The van der Waals surface area contributed by atoms with Crippen molar-refractivity contribution in [2.45, 2.75) is 6.92 Å². The van der Waals surface area contributed by atoms with E-state index >= 15 is 0 Å². The molecule has 6 nitrogen and oxygen atoms in total. The van der Waals surface area contributed by atoms with Crippen molar-refractivity contribution in [3.8, 4) is 0 Å². The van der Waals surface area contributed by atoms with E-state index in [-0.39, 0.29) is 59.1 Å². The van der Waals surface area contributed by atoms with Gasteiger partial charge in [0, 0.05) is 17.3 Å². The molecular formula is C2H4Na2O6S. The van der Waals surface area contributed by atoms with Crippen molar-refractivity contribution in [1.29, 1.82) is 0 Å². The molecule has 56 valence electrons. The van der Waals surface area contributed by atoms with Crippen LogP contribution in [0.1, 0.15) is 6.92 Å². The summed E-state index contributed by atoms with van der Waals surface area (Å²) in [5.41, 5.74) is 0. The van der Waals surface area contributed by atoms with Crippen LogP contribution in [-0.4, -0.2) is 28.6 Å². The third kappa shape index (κ3) is 551. The average Bonchev–Trinajstić information content (AvgIpc) is 1.19. The fraction of sp³-hybridized carbons (Fsp3) is 0.500. The summed E-state index contributed by atoms with van der Waals surface area (Å²) in [4.78, 5) is 9.00. The Labute approximate surface area is 109 Å². The molecule has 0 aliphatic carbocycles. The predicted molar refractivity (Wildman–Crippen MR) is 23.8 cm³/mol. The Morgan fingerprint density at radius 2 is 1.27 bits per heavy atom. The molecule has 1 N–H and O–H groups in total. The van der Waals surface area contributed by atoms with Gasteiger partial charge in [0.25, 0.3) is 5.97 Å². The minimum absolute atomic E-state index is 0. The summed E-state index contributed by atoms with van der Waals surface area (Å²) >= 11 is 0. The van der Waals surface area contributed by atoms with Crippen molar-refractivity contribution >= 4 is 16.4 Å². The van der Waals surface area contributed by atoms with E-state index < -0.39 is 16.4 Å². The number of rotatable bonds is 0. The molecule has 0 aromatic heterocycles. The number of hydrogen-bond donors (Lipinski definition) is 1. The Bertz CT molecular complexity index is 161. The Hall–Kier alpha value is 1.34. The van der Waals surface area contributed by atoms with Gasteiger partial charge in [-0.15, -0.1) is 0 Å². The molecule has 0 radical (unpaired) electrons. The Balaban J connectivity index is -0.0000000383. The topological polar surface area (TPSA) is 118 Å². The zero-order chi connectivity index (χ0) is 8.08. The first-order valence-electron chi connectivity index (χ1n) is 1.59. The van der Waals surface area contributed by atoms with Gasteiger partial charge >= 0.3 is 59.1 Å². The first-order chi connectivity index (χ1) is 3.73. The van der Waals surface area contributed by atoms with Gasteiger partial charge in [-0.05, 0) is 0 Å². The Morgan fingerprint density at radius 3 is 1.27 bits per heavy atom. The molecule has 0 aliphatic rings. The molecule has 0 fully saturated rings. The van der Waals surface area contributed by atoms with Crippen molar-refractivity contribution in [3.05, 3.63) is 0 Å². The van der Waals surface area contributed by atoms with Crippen LogP contribution in [0.4, 0.5) is 0 Å². The van der Waals surface area contributed by atoms with E-state index in [1.807, 2.05) is 0 Å². The van der Waals surface area contributed by atoms with E-state index in [1.54, 1.807) is 0 Å². The van der Waals surface area contributed by atoms with Crippen LogP contribution in [0.15, 0.2) is 0 Å². The van der Waals surface area contributed by atoms with Crippen molar-refractivity contribution in [2.75, 3.05) is 0 Å². The second kappa shape index (κ2) is 11.3. The molecule has 0 aromatic rings. The fourth-order valence-corrected chi connectivity index (χ4v) is 0. The minimum atomic E-state index is -5.17. The van der Waals surface area contributed by atoms with Crippen LogP contribution in [-0.2, 0) is 15.2 Å². The summed E-state index contributed by atoms with van der Waals surface area (Å²) in [6.07, 6.45) is 0. The van der Waals surface area contributed by atoms with E-state index in [9.17, 15) is 0 Å². The second-order valence-electron chi connectivity index (χ2n) is 0.927. The molecule has 0 spiro atoms.